The maximum absolute atomic E-state index is 8.29. The summed E-state index contributed by atoms with van der Waals surface area (Å²) in [4.78, 5) is 3.62. The van der Waals surface area contributed by atoms with Gasteiger partial charge in [0.1, 0.15) is 0 Å². The van der Waals surface area contributed by atoms with Crippen LogP contribution in [0.3, 0.4) is 0 Å². The van der Waals surface area contributed by atoms with Gasteiger partial charge in [-0.15, -0.1) is 6.58 Å². The second kappa shape index (κ2) is 19.1. The molecule has 0 aromatic carbocycles. The fourth-order valence-electron chi connectivity index (χ4n) is 0.443. The number of ether oxygens (including phenoxy) is 1. The number of nitrogens with zero attached hydrogens (tertiary/aromatic N) is 1. The van der Waals surface area contributed by atoms with Crippen molar-refractivity contribution in [1.29, 1.82) is 0 Å². The summed E-state index contributed by atoms with van der Waals surface area (Å²) in [6.45, 7) is 12.4. The fourth-order valence-corrected chi connectivity index (χ4v) is 0.443. The Morgan fingerprint density at radius 2 is 2.00 bits per heavy atom. The number of nitrogens with two attached hydrogens (primary N) is 1. The van der Waals surface area contributed by atoms with Gasteiger partial charge in [0.2, 0.25) is 0 Å². The van der Waals surface area contributed by atoms with E-state index in [4.69, 9.17) is 9.84 Å². The highest BCUT2D eigenvalue weighted by Gasteiger charge is 1.78. The number of hydrogen-bond donors (Lipinski definition) is 2. The van der Waals surface area contributed by atoms with Crippen LogP contribution >= 0.6 is 0 Å². The molecule has 94 valence electrons. The molecular weight excluding hydrogens is 204 g/mol. The molecule has 0 spiro atoms. The van der Waals surface area contributed by atoms with Crippen LogP contribution in [0.1, 0.15) is 13.3 Å². The Morgan fingerprint density at radius 1 is 1.50 bits per heavy atom. The van der Waals surface area contributed by atoms with Gasteiger partial charge < -0.3 is 15.6 Å². The monoisotopic (exact) mass is 228 g/mol. The van der Waals surface area contributed by atoms with Crippen molar-refractivity contribution >= 4 is 6.72 Å². The zero-order chi connectivity index (χ0) is 13.4. The lowest BCUT2D eigenvalue weighted by Gasteiger charge is -1.94. The van der Waals surface area contributed by atoms with Crippen LogP contribution in [-0.4, -0.2) is 32.5 Å². The predicted octanol–water partition coefficient (Wildman–Crippen LogP) is 2.45. The smallest absolute Gasteiger partial charge is 0.0903 e. The summed E-state index contributed by atoms with van der Waals surface area (Å²) in [5.74, 6) is 1.06. The van der Waals surface area contributed by atoms with E-state index < -0.39 is 0 Å². The van der Waals surface area contributed by atoms with Gasteiger partial charge in [-0.1, -0.05) is 12.7 Å². The first kappa shape index (κ1) is 19.9. The van der Waals surface area contributed by atoms with Crippen LogP contribution in [0.15, 0.2) is 41.8 Å². The second-order valence-electron chi connectivity index (χ2n) is 2.48. The van der Waals surface area contributed by atoms with Crippen molar-refractivity contribution in [2.24, 2.45) is 10.7 Å². The number of aliphatic hydroxyl groups is 1. The number of rotatable bonds is 5. The first-order chi connectivity index (χ1) is 7.58. The summed E-state index contributed by atoms with van der Waals surface area (Å²) in [6.07, 6.45) is 3.97. The molecule has 0 saturated heterocycles. The third kappa shape index (κ3) is 29.4. The minimum absolute atomic E-state index is 0.171. The van der Waals surface area contributed by atoms with Crippen LogP contribution in [0.5, 0.6) is 0 Å². The number of methoxy groups -OCH3 is 1. The summed E-state index contributed by atoms with van der Waals surface area (Å²) >= 11 is 0. The number of allylic oxidation sites excluding steroid dienone is 2. The van der Waals surface area contributed by atoms with Gasteiger partial charge in [-0.25, -0.2) is 0 Å². The van der Waals surface area contributed by atoms with Crippen molar-refractivity contribution in [3.8, 4) is 0 Å². The molecule has 0 saturated carbocycles. The Morgan fingerprint density at radius 3 is 2.19 bits per heavy atom. The highest BCUT2D eigenvalue weighted by Crippen LogP contribution is 1.90. The SMILES string of the molecule is C=CCC(=C)O.C=NC/C=C(\C)OC.CN. The van der Waals surface area contributed by atoms with Crippen LogP contribution in [0.2, 0.25) is 0 Å². The second-order valence-corrected chi connectivity index (χ2v) is 2.48. The minimum atomic E-state index is 0.171. The molecule has 3 N–H and O–H groups in total. The van der Waals surface area contributed by atoms with Crippen molar-refractivity contribution in [3.63, 3.8) is 0 Å². The van der Waals surface area contributed by atoms with Gasteiger partial charge in [0, 0.05) is 6.42 Å². The molecular formula is C12H24N2O2. The van der Waals surface area contributed by atoms with Crippen molar-refractivity contribution in [1.82, 2.24) is 0 Å². The first-order valence-corrected chi connectivity index (χ1v) is 4.77. The van der Waals surface area contributed by atoms with Gasteiger partial charge in [-0.2, -0.15) is 0 Å². The maximum Gasteiger partial charge on any atom is 0.0903 e. The van der Waals surface area contributed by atoms with Crippen LogP contribution in [0.25, 0.3) is 0 Å². The molecule has 0 radical (unpaired) electrons. The highest BCUT2D eigenvalue weighted by atomic mass is 16.5. The van der Waals surface area contributed by atoms with E-state index in [1.165, 1.54) is 7.05 Å². The van der Waals surface area contributed by atoms with Gasteiger partial charge in [0.05, 0.1) is 25.2 Å². The van der Waals surface area contributed by atoms with E-state index in [9.17, 15) is 0 Å². The Bertz CT molecular complexity index is 211. The van der Waals surface area contributed by atoms with E-state index >= 15 is 0 Å². The Kier molecular flexibility index (Phi) is 23.8. The summed E-state index contributed by atoms with van der Waals surface area (Å²) in [7, 11) is 3.13. The van der Waals surface area contributed by atoms with Gasteiger partial charge >= 0.3 is 0 Å². The van der Waals surface area contributed by atoms with Crippen LogP contribution in [0, 0.1) is 0 Å². The van der Waals surface area contributed by atoms with E-state index in [0.29, 0.717) is 13.0 Å². The number of aliphatic hydroxyl groups excluding tert-OH is 1. The largest absolute Gasteiger partial charge is 0.513 e. The molecule has 16 heavy (non-hydrogen) atoms. The normalized spacial score (nSPS) is 8.62. The van der Waals surface area contributed by atoms with Crippen molar-refractivity contribution in [2.45, 2.75) is 13.3 Å². The molecule has 0 aliphatic carbocycles. The topological polar surface area (TPSA) is 67.8 Å². The number of aliphatic imine (C=N–C) groups is 1. The van der Waals surface area contributed by atoms with Gasteiger partial charge in [0.15, 0.2) is 0 Å². The van der Waals surface area contributed by atoms with Crippen LogP contribution < -0.4 is 5.73 Å². The van der Waals surface area contributed by atoms with E-state index in [1.54, 1.807) is 13.2 Å². The third-order valence-electron chi connectivity index (χ3n) is 1.21. The average molecular weight is 228 g/mol. The molecule has 4 heteroatoms. The van der Waals surface area contributed by atoms with Crippen LogP contribution in [0.4, 0.5) is 0 Å². The lowest BCUT2D eigenvalue weighted by atomic mass is 10.4. The fraction of sp³-hybridized carbons (Fsp3) is 0.417. The molecule has 0 aromatic heterocycles. The van der Waals surface area contributed by atoms with Crippen molar-refractivity contribution in [2.75, 3.05) is 20.7 Å². The summed E-state index contributed by atoms with van der Waals surface area (Å²) < 4.78 is 4.83. The van der Waals surface area contributed by atoms with Gasteiger partial charge in [-0.05, 0) is 26.8 Å². The summed E-state index contributed by atoms with van der Waals surface area (Å²) in [5, 5.41) is 8.29. The zero-order valence-corrected chi connectivity index (χ0v) is 10.6. The van der Waals surface area contributed by atoms with E-state index in [1.807, 2.05) is 13.0 Å². The van der Waals surface area contributed by atoms with E-state index in [0.717, 1.165) is 5.76 Å². The van der Waals surface area contributed by atoms with Crippen LogP contribution in [-0.2, 0) is 4.74 Å². The quantitative estimate of drug-likeness (QED) is 0.431. The molecule has 0 heterocycles. The lowest BCUT2D eigenvalue weighted by molar-refractivity contribution is 0.292. The average Bonchev–Trinajstić information content (AvgIpc) is 2.29. The Labute approximate surface area is 98.8 Å². The molecule has 0 aromatic rings. The molecule has 0 aliphatic rings. The molecule has 0 fully saturated rings. The van der Waals surface area contributed by atoms with Gasteiger partial charge in [0.25, 0.3) is 0 Å². The lowest BCUT2D eigenvalue weighted by Crippen LogP contribution is -1.80. The van der Waals surface area contributed by atoms with Crippen molar-refractivity contribution in [3.05, 3.63) is 36.8 Å². The van der Waals surface area contributed by atoms with E-state index in [-0.39, 0.29) is 5.76 Å². The molecule has 0 atom stereocenters. The Balaban J connectivity index is -0.000000188. The maximum atomic E-state index is 8.29. The molecule has 0 amide bonds. The third-order valence-corrected chi connectivity index (χ3v) is 1.21. The Hall–Kier alpha value is -1.55. The zero-order valence-electron chi connectivity index (χ0n) is 10.6. The highest BCUT2D eigenvalue weighted by molar-refractivity contribution is 5.23. The van der Waals surface area contributed by atoms with Crippen molar-refractivity contribution < 1.29 is 9.84 Å². The summed E-state index contributed by atoms with van der Waals surface area (Å²) in [6, 6.07) is 0. The molecule has 0 bridgehead atoms. The minimum Gasteiger partial charge on any atom is -0.513 e. The standard InChI is InChI=1S/C6H11NO.C5H8O.CH5N/c1-6(8-3)4-5-7-2;1-3-4-5(2)6;1-2/h4H,2,5H2,1,3H3;3,6H,1-2,4H2;2H2,1H3/b6-4+;;. The molecule has 0 unspecified atom stereocenters. The molecule has 4 nitrogen and oxygen atoms in total. The van der Waals surface area contributed by atoms with E-state index in [2.05, 4.69) is 30.6 Å². The predicted molar refractivity (Wildman–Crippen MR) is 71.9 cm³/mol. The molecule has 0 rings (SSSR count). The summed E-state index contributed by atoms with van der Waals surface area (Å²) in [5.41, 5.74) is 4.50. The first-order valence-electron chi connectivity index (χ1n) is 4.77. The molecule has 0 aliphatic heterocycles. The number of hydrogen-bond acceptors (Lipinski definition) is 4. The van der Waals surface area contributed by atoms with Gasteiger partial charge in [-0.3, -0.25) is 4.99 Å².